The molecule has 5 nitrogen and oxygen atoms in total. The van der Waals surface area contributed by atoms with Crippen molar-refractivity contribution in [2.45, 2.75) is 79.9 Å². The predicted molar refractivity (Wildman–Crippen MR) is 226 cm³/mol. The topological polar surface area (TPSA) is 65.0 Å². The van der Waals surface area contributed by atoms with Gasteiger partial charge < -0.3 is 19.3 Å². The molecule has 0 fully saturated rings. The minimum Gasteiger partial charge on any atom is -0.492 e. The molecular weight excluding hydrogens is 713 g/mol. The average molecular weight is 771 g/mol. The highest BCUT2D eigenvalue weighted by Gasteiger charge is 2.06. The van der Waals surface area contributed by atoms with Gasteiger partial charge in [0.25, 0.3) is 0 Å². The van der Waals surface area contributed by atoms with Gasteiger partial charge in [0, 0.05) is 26.2 Å². The Kier molecular flexibility index (Phi) is 26.2. The third-order valence-corrected chi connectivity index (χ3v) is 10.1. The van der Waals surface area contributed by atoms with Gasteiger partial charge in [-0.2, -0.15) is 0 Å². The molecule has 0 unspecified atom stereocenters. The number of ether oxygens (including phenoxy) is 3. The van der Waals surface area contributed by atoms with Gasteiger partial charge in [0.2, 0.25) is 0 Å². The summed E-state index contributed by atoms with van der Waals surface area (Å²) in [5.41, 5.74) is 4.26. The molecule has 51 heavy (non-hydrogen) atoms. The van der Waals surface area contributed by atoms with E-state index in [0.29, 0.717) is 18.8 Å². The molecule has 4 aromatic rings. The summed E-state index contributed by atoms with van der Waals surface area (Å²) in [6.45, 7) is 13.6. The maximum atomic E-state index is 10.6. The number of rotatable bonds is 16. The molecule has 0 aliphatic carbocycles. The van der Waals surface area contributed by atoms with Crippen LogP contribution in [0.1, 0.15) is 66.6 Å². The molecule has 9 heteroatoms. The summed E-state index contributed by atoms with van der Waals surface area (Å²) in [5.74, 6) is 1.12. The molecule has 0 heterocycles. The van der Waals surface area contributed by atoms with Crippen LogP contribution < -0.4 is 9.47 Å². The van der Waals surface area contributed by atoms with E-state index < -0.39 is 5.97 Å². The molecule has 1 N–H and O–H groups in total. The molecule has 0 aliphatic rings. The molecule has 0 spiro atoms. The van der Waals surface area contributed by atoms with Crippen molar-refractivity contribution in [3.05, 3.63) is 107 Å². The van der Waals surface area contributed by atoms with Crippen LogP contribution in [0.25, 0.3) is 0 Å². The highest BCUT2D eigenvalue weighted by molar-refractivity contribution is 7.99. The molecule has 0 amide bonds. The normalized spacial score (nSPS) is 10.1. The minimum absolute atomic E-state index is 0.375. The van der Waals surface area contributed by atoms with Gasteiger partial charge in [-0.25, -0.2) is 4.79 Å². The highest BCUT2D eigenvalue weighted by atomic mass is 32.2. The van der Waals surface area contributed by atoms with Crippen molar-refractivity contribution in [1.82, 2.24) is 0 Å². The quantitative estimate of drug-likeness (QED) is 0.0886. The Morgan fingerprint density at radius 2 is 1.10 bits per heavy atom. The first-order valence-corrected chi connectivity index (χ1v) is 22.1. The van der Waals surface area contributed by atoms with Crippen molar-refractivity contribution in [2.24, 2.45) is 0 Å². The number of aromatic carboxylic acids is 1. The van der Waals surface area contributed by atoms with Gasteiger partial charge >= 0.3 is 5.97 Å². The van der Waals surface area contributed by atoms with Gasteiger partial charge in [-0.3, -0.25) is 0 Å². The zero-order valence-corrected chi connectivity index (χ0v) is 35.2. The molecule has 0 bridgehead atoms. The summed E-state index contributed by atoms with van der Waals surface area (Å²) < 4.78 is 16.9. The van der Waals surface area contributed by atoms with Crippen molar-refractivity contribution in [2.75, 3.05) is 51.5 Å². The number of unbranched alkanes of at least 4 members (excludes halogenated alkanes) is 2. The van der Waals surface area contributed by atoms with Gasteiger partial charge in [0.15, 0.2) is 0 Å². The lowest BCUT2D eigenvalue weighted by Crippen LogP contribution is -2.07. The number of hydrogen-bond donors (Lipinski definition) is 1. The number of thioether (sulfide) groups is 4. The van der Waals surface area contributed by atoms with E-state index in [2.05, 4.69) is 108 Å². The molecule has 4 aromatic carbocycles. The van der Waals surface area contributed by atoms with Crippen LogP contribution in [-0.2, 0) is 4.74 Å². The third-order valence-electron chi connectivity index (χ3n) is 7.08. The number of benzene rings is 4. The summed E-state index contributed by atoms with van der Waals surface area (Å²) in [6, 6.07) is 28.1. The Hall–Kier alpha value is -2.69. The lowest BCUT2D eigenvalue weighted by Gasteiger charge is -2.11. The first-order chi connectivity index (χ1) is 24.6. The molecule has 280 valence electrons. The van der Waals surface area contributed by atoms with Crippen LogP contribution in [0.3, 0.4) is 0 Å². The zero-order valence-electron chi connectivity index (χ0n) is 32.0. The van der Waals surface area contributed by atoms with E-state index in [1.54, 1.807) is 53.5 Å². The van der Waals surface area contributed by atoms with E-state index >= 15 is 0 Å². The van der Waals surface area contributed by atoms with E-state index in [0.717, 1.165) is 42.4 Å². The summed E-state index contributed by atoms with van der Waals surface area (Å²) >= 11 is 6.68. The second-order valence-electron chi connectivity index (χ2n) is 11.4. The number of carbonyl (C=O) groups is 1. The van der Waals surface area contributed by atoms with Crippen molar-refractivity contribution in [3.63, 3.8) is 0 Å². The van der Waals surface area contributed by atoms with Gasteiger partial charge in [-0.05, 0) is 118 Å². The largest absolute Gasteiger partial charge is 0.492 e. The summed E-state index contributed by atoms with van der Waals surface area (Å²) in [5, 5.41) is 8.68. The highest BCUT2D eigenvalue weighted by Crippen LogP contribution is 2.29. The smallest absolute Gasteiger partial charge is 0.336 e. The Morgan fingerprint density at radius 3 is 1.57 bits per heavy atom. The van der Waals surface area contributed by atoms with Crippen LogP contribution in [-0.4, -0.2) is 62.5 Å². The fourth-order valence-corrected chi connectivity index (χ4v) is 6.61. The van der Waals surface area contributed by atoms with E-state index in [1.165, 1.54) is 56.0 Å². The monoisotopic (exact) mass is 770 g/mol. The Labute approximate surface area is 325 Å². The molecule has 0 aromatic heterocycles. The van der Waals surface area contributed by atoms with Gasteiger partial charge in [0.1, 0.15) is 18.1 Å². The standard InChI is InChI=1S/C14H22O2S.C12H18OS.C8H8O2S.C8H10S/c1-4-5-8-15-9-10-16-13-7-6-12(2)11-14(13)17-3;1-4-5-8-13-11-7-6-10(2)9-12(11)14-3;1-11-7-5-3-2-4-6(7)8(9)10;1-7-4-3-5-8(6-7)9-2/h6-7,11H,4-5,8-10H2,1-3H3;6-7,9H,4-5,8H2,1-3H3;2-5H,1H3,(H,9,10);3-6H,1-2H3. The number of hydrogen-bond acceptors (Lipinski definition) is 8. The van der Waals surface area contributed by atoms with Crippen molar-refractivity contribution in [3.8, 4) is 11.5 Å². The molecule has 0 radical (unpaired) electrons. The maximum Gasteiger partial charge on any atom is 0.336 e. The van der Waals surface area contributed by atoms with E-state index in [-0.39, 0.29) is 0 Å². The zero-order chi connectivity index (χ0) is 37.9. The van der Waals surface area contributed by atoms with Crippen molar-refractivity contribution >= 4 is 53.0 Å². The van der Waals surface area contributed by atoms with Crippen molar-refractivity contribution < 1.29 is 24.1 Å². The van der Waals surface area contributed by atoms with Crippen LogP contribution in [0.2, 0.25) is 0 Å². The third kappa shape index (κ3) is 20.2. The van der Waals surface area contributed by atoms with Crippen molar-refractivity contribution in [1.29, 1.82) is 0 Å². The second-order valence-corrected chi connectivity index (χ2v) is 14.8. The van der Waals surface area contributed by atoms with E-state index in [4.69, 9.17) is 19.3 Å². The van der Waals surface area contributed by atoms with Gasteiger partial charge in [-0.1, -0.05) is 68.7 Å². The summed E-state index contributed by atoms with van der Waals surface area (Å²) in [6.07, 6.45) is 12.7. The molecule has 4 rings (SSSR count). The fourth-order valence-electron chi connectivity index (χ4n) is 4.24. The van der Waals surface area contributed by atoms with E-state index in [9.17, 15) is 4.79 Å². The number of carboxylic acid groups (broad SMARTS) is 1. The lowest BCUT2D eigenvalue weighted by atomic mass is 10.2. The SMILES string of the molecule is CCCCOCCOc1ccc(C)cc1SC.CCCCOc1ccc(C)cc1SC.CSc1cccc(C)c1.CSc1ccccc1C(=O)O. The fraction of sp³-hybridized carbons (Fsp3) is 0.405. The lowest BCUT2D eigenvalue weighted by molar-refractivity contribution is 0.0693. The van der Waals surface area contributed by atoms with Gasteiger partial charge in [0.05, 0.1) is 18.8 Å². The average Bonchev–Trinajstić information content (AvgIpc) is 3.14. The van der Waals surface area contributed by atoms with Crippen LogP contribution in [0, 0.1) is 20.8 Å². The molecule has 0 atom stereocenters. The number of aryl methyl sites for hydroxylation is 3. The predicted octanol–water partition coefficient (Wildman–Crippen LogP) is 12.6. The van der Waals surface area contributed by atoms with Crippen LogP contribution in [0.5, 0.6) is 11.5 Å². The summed E-state index contributed by atoms with van der Waals surface area (Å²) in [7, 11) is 0. The molecule has 0 saturated carbocycles. The number of carboxylic acids is 1. The maximum absolute atomic E-state index is 10.6. The first kappa shape index (κ1) is 46.3. The molecule has 0 saturated heterocycles. The summed E-state index contributed by atoms with van der Waals surface area (Å²) in [4.78, 5) is 15.1. The first-order valence-electron chi connectivity index (χ1n) is 17.2. The minimum atomic E-state index is -0.866. The van der Waals surface area contributed by atoms with Gasteiger partial charge in [-0.15, -0.1) is 47.0 Å². The Bertz CT molecular complexity index is 1530. The van der Waals surface area contributed by atoms with Crippen LogP contribution in [0.4, 0.5) is 0 Å². The molecular formula is C42H58O5S4. The van der Waals surface area contributed by atoms with Crippen LogP contribution in [0.15, 0.2) is 105 Å². The van der Waals surface area contributed by atoms with Crippen LogP contribution >= 0.6 is 47.0 Å². The Balaban J connectivity index is 0.000000349. The second kappa shape index (κ2) is 28.8. The van der Waals surface area contributed by atoms with E-state index in [1.807, 2.05) is 18.4 Å². The molecule has 0 aliphatic heterocycles. The Morgan fingerprint density at radius 1 is 0.569 bits per heavy atom.